The highest BCUT2D eigenvalue weighted by molar-refractivity contribution is 5.83. The topological polar surface area (TPSA) is 32.3 Å². The number of nitrogens with zero attached hydrogens (tertiary/aromatic N) is 1. The summed E-state index contributed by atoms with van der Waals surface area (Å²) in [6.07, 6.45) is 3.42. The van der Waals surface area contributed by atoms with Crippen LogP contribution >= 0.6 is 0 Å². The van der Waals surface area contributed by atoms with Gasteiger partial charge in [0.15, 0.2) is 0 Å². The number of carbonyl (C=O) groups is 1. The molecule has 2 rings (SSSR count). The van der Waals surface area contributed by atoms with E-state index < -0.39 is 0 Å². The Hall–Kier alpha value is -0.570. The maximum atomic E-state index is 12.3. The Morgan fingerprint density at radius 1 is 1.47 bits per heavy atom. The summed E-state index contributed by atoms with van der Waals surface area (Å²) < 4.78 is 0. The molecule has 2 aliphatic rings. The van der Waals surface area contributed by atoms with Crippen LogP contribution in [0.15, 0.2) is 0 Å². The molecule has 2 unspecified atom stereocenters. The van der Waals surface area contributed by atoms with Crippen molar-refractivity contribution in [2.24, 2.45) is 5.92 Å². The van der Waals surface area contributed by atoms with Crippen molar-refractivity contribution < 1.29 is 4.79 Å². The van der Waals surface area contributed by atoms with Gasteiger partial charge in [-0.3, -0.25) is 4.79 Å². The highest BCUT2D eigenvalue weighted by Gasteiger charge is 2.40. The van der Waals surface area contributed by atoms with Crippen molar-refractivity contribution in [3.8, 4) is 0 Å². The molecule has 0 spiro atoms. The van der Waals surface area contributed by atoms with Gasteiger partial charge in [0, 0.05) is 12.1 Å². The van der Waals surface area contributed by atoms with Crippen molar-refractivity contribution in [1.29, 1.82) is 0 Å². The third kappa shape index (κ3) is 1.89. The van der Waals surface area contributed by atoms with Gasteiger partial charge in [0.1, 0.15) is 0 Å². The van der Waals surface area contributed by atoms with E-state index in [1.165, 1.54) is 0 Å². The SMILES string of the molecule is CC1CCNC1C(=O)N1CCCC1(C)C. The first kappa shape index (κ1) is 10.9. The molecule has 2 fully saturated rings. The van der Waals surface area contributed by atoms with Crippen molar-refractivity contribution in [1.82, 2.24) is 10.2 Å². The van der Waals surface area contributed by atoms with Crippen LogP contribution in [0.2, 0.25) is 0 Å². The Balaban J connectivity index is 2.07. The van der Waals surface area contributed by atoms with Crippen LogP contribution < -0.4 is 5.32 Å². The average Bonchev–Trinajstić information content (AvgIpc) is 2.70. The maximum Gasteiger partial charge on any atom is 0.240 e. The first-order valence-corrected chi connectivity index (χ1v) is 6.07. The molecule has 3 nitrogen and oxygen atoms in total. The molecule has 3 heteroatoms. The van der Waals surface area contributed by atoms with Crippen LogP contribution in [0.5, 0.6) is 0 Å². The molecule has 0 aromatic rings. The number of rotatable bonds is 1. The maximum absolute atomic E-state index is 12.3. The highest BCUT2D eigenvalue weighted by atomic mass is 16.2. The van der Waals surface area contributed by atoms with Gasteiger partial charge in [-0.1, -0.05) is 6.92 Å². The Morgan fingerprint density at radius 3 is 2.67 bits per heavy atom. The second-order valence-electron chi connectivity index (χ2n) is 5.60. The molecule has 15 heavy (non-hydrogen) atoms. The molecule has 2 atom stereocenters. The lowest BCUT2D eigenvalue weighted by molar-refractivity contribution is -0.137. The minimum Gasteiger partial charge on any atom is -0.336 e. The Kier molecular flexibility index (Phi) is 2.75. The zero-order valence-electron chi connectivity index (χ0n) is 10.0. The van der Waals surface area contributed by atoms with Gasteiger partial charge in [-0.15, -0.1) is 0 Å². The van der Waals surface area contributed by atoms with Crippen molar-refractivity contribution in [2.45, 2.75) is 51.6 Å². The lowest BCUT2D eigenvalue weighted by Crippen LogP contribution is -2.51. The Bertz CT molecular complexity index is 262. The summed E-state index contributed by atoms with van der Waals surface area (Å²) in [4.78, 5) is 14.4. The van der Waals surface area contributed by atoms with Gasteiger partial charge in [-0.25, -0.2) is 0 Å². The Labute approximate surface area is 92.2 Å². The van der Waals surface area contributed by atoms with E-state index in [0.717, 1.165) is 32.4 Å². The number of carbonyl (C=O) groups excluding carboxylic acids is 1. The van der Waals surface area contributed by atoms with Crippen molar-refractivity contribution in [2.75, 3.05) is 13.1 Å². The van der Waals surface area contributed by atoms with Crippen LogP contribution in [0.3, 0.4) is 0 Å². The molecule has 0 aromatic carbocycles. The fraction of sp³-hybridized carbons (Fsp3) is 0.917. The largest absolute Gasteiger partial charge is 0.336 e. The minimum absolute atomic E-state index is 0.0705. The van der Waals surface area contributed by atoms with Gasteiger partial charge in [0.05, 0.1) is 6.04 Å². The molecule has 86 valence electrons. The van der Waals surface area contributed by atoms with E-state index in [1.807, 2.05) is 0 Å². The standard InChI is InChI=1S/C12H22N2O/c1-9-5-7-13-10(9)11(15)14-8-4-6-12(14,2)3/h9-10,13H,4-8H2,1-3H3. The van der Waals surface area contributed by atoms with Crippen LogP contribution in [0.1, 0.15) is 40.0 Å². The number of amides is 1. The third-order valence-corrected chi connectivity index (χ3v) is 3.97. The Morgan fingerprint density at radius 2 is 2.20 bits per heavy atom. The summed E-state index contributed by atoms with van der Waals surface area (Å²) in [5.74, 6) is 0.816. The summed E-state index contributed by atoms with van der Waals surface area (Å²) in [6, 6.07) is 0.0716. The lowest BCUT2D eigenvalue weighted by atomic mass is 9.98. The first-order valence-electron chi connectivity index (χ1n) is 6.07. The van der Waals surface area contributed by atoms with Crippen molar-refractivity contribution in [3.63, 3.8) is 0 Å². The molecule has 2 heterocycles. The summed E-state index contributed by atoms with van der Waals surface area (Å²) >= 11 is 0. The monoisotopic (exact) mass is 210 g/mol. The van der Waals surface area contributed by atoms with Crippen molar-refractivity contribution >= 4 is 5.91 Å². The lowest BCUT2D eigenvalue weighted by Gasteiger charge is -2.34. The van der Waals surface area contributed by atoms with Gasteiger partial charge in [0.2, 0.25) is 5.91 Å². The molecule has 2 aliphatic heterocycles. The predicted molar refractivity (Wildman–Crippen MR) is 60.6 cm³/mol. The minimum atomic E-state index is 0.0705. The molecule has 2 saturated heterocycles. The molecule has 1 amide bonds. The molecule has 0 aromatic heterocycles. The molecular weight excluding hydrogens is 188 g/mol. The molecule has 0 saturated carbocycles. The fourth-order valence-corrected chi connectivity index (χ4v) is 2.85. The first-order chi connectivity index (χ1) is 7.02. The van der Waals surface area contributed by atoms with Crippen LogP contribution in [0.25, 0.3) is 0 Å². The van der Waals surface area contributed by atoms with Gasteiger partial charge >= 0.3 is 0 Å². The molecule has 0 radical (unpaired) electrons. The van der Waals surface area contributed by atoms with E-state index in [-0.39, 0.29) is 11.6 Å². The fourth-order valence-electron chi connectivity index (χ4n) is 2.85. The van der Waals surface area contributed by atoms with Crippen LogP contribution in [-0.4, -0.2) is 35.5 Å². The smallest absolute Gasteiger partial charge is 0.240 e. The molecule has 1 N–H and O–H groups in total. The van der Waals surface area contributed by atoms with Gasteiger partial charge < -0.3 is 10.2 Å². The van der Waals surface area contributed by atoms with Crippen LogP contribution in [0.4, 0.5) is 0 Å². The number of hydrogen-bond acceptors (Lipinski definition) is 2. The molecule has 0 aliphatic carbocycles. The summed E-state index contributed by atoms with van der Waals surface area (Å²) in [7, 11) is 0. The van der Waals surface area contributed by atoms with E-state index in [4.69, 9.17) is 0 Å². The normalized spacial score (nSPS) is 34.7. The van der Waals surface area contributed by atoms with Crippen LogP contribution in [-0.2, 0) is 4.79 Å². The number of likely N-dealkylation sites (tertiary alicyclic amines) is 1. The van der Waals surface area contributed by atoms with Gasteiger partial charge in [0.25, 0.3) is 0 Å². The third-order valence-electron chi connectivity index (χ3n) is 3.97. The zero-order chi connectivity index (χ0) is 11.1. The second kappa shape index (κ2) is 3.78. The van der Waals surface area contributed by atoms with E-state index in [9.17, 15) is 4.79 Å². The number of nitrogens with one attached hydrogen (secondary N) is 1. The van der Waals surface area contributed by atoms with E-state index in [1.54, 1.807) is 0 Å². The van der Waals surface area contributed by atoms with E-state index in [0.29, 0.717) is 11.8 Å². The van der Waals surface area contributed by atoms with Crippen molar-refractivity contribution in [3.05, 3.63) is 0 Å². The quantitative estimate of drug-likeness (QED) is 0.709. The van der Waals surface area contributed by atoms with E-state index >= 15 is 0 Å². The molecule has 0 bridgehead atoms. The number of hydrogen-bond donors (Lipinski definition) is 1. The summed E-state index contributed by atoms with van der Waals surface area (Å²) in [5, 5.41) is 3.33. The second-order valence-corrected chi connectivity index (χ2v) is 5.60. The summed E-state index contributed by atoms with van der Waals surface area (Å²) in [5.41, 5.74) is 0.0705. The average molecular weight is 210 g/mol. The highest BCUT2D eigenvalue weighted by Crippen LogP contribution is 2.30. The van der Waals surface area contributed by atoms with Gasteiger partial charge in [-0.2, -0.15) is 0 Å². The summed E-state index contributed by atoms with van der Waals surface area (Å²) in [6.45, 7) is 8.46. The predicted octanol–water partition coefficient (Wildman–Crippen LogP) is 1.39. The van der Waals surface area contributed by atoms with Crippen LogP contribution in [0, 0.1) is 5.92 Å². The zero-order valence-corrected chi connectivity index (χ0v) is 10.0. The molecular formula is C12H22N2O. The van der Waals surface area contributed by atoms with Gasteiger partial charge in [-0.05, 0) is 45.6 Å². The van der Waals surface area contributed by atoms with E-state index in [2.05, 4.69) is 31.0 Å².